The average molecular weight is 249 g/mol. The van der Waals surface area contributed by atoms with E-state index < -0.39 is 0 Å². The lowest BCUT2D eigenvalue weighted by Crippen LogP contribution is -2.06. The summed E-state index contributed by atoms with van der Waals surface area (Å²) >= 11 is 5.72. The number of hydrogen-bond donors (Lipinski definition) is 0. The normalized spacial score (nSPS) is 10.6. The molecule has 17 heavy (non-hydrogen) atoms. The second kappa shape index (κ2) is 5.15. The van der Waals surface area contributed by atoms with Gasteiger partial charge in [-0.05, 0) is 38.1 Å². The zero-order valence-electron chi connectivity index (χ0n) is 9.72. The molecule has 0 aliphatic heterocycles. The van der Waals surface area contributed by atoms with E-state index in [2.05, 4.69) is 10.2 Å². The molecule has 0 saturated heterocycles. The number of ether oxygens (including phenoxy) is 1. The fraction of sp³-hybridized carbons (Fsp3) is 0.231. The fourth-order valence-corrected chi connectivity index (χ4v) is 1.60. The first-order valence-corrected chi connectivity index (χ1v) is 5.80. The van der Waals surface area contributed by atoms with Gasteiger partial charge in [0.05, 0.1) is 11.8 Å². The molecule has 0 saturated carbocycles. The molecule has 1 heterocycles. The predicted molar refractivity (Wildman–Crippen MR) is 68.2 cm³/mol. The van der Waals surface area contributed by atoms with Gasteiger partial charge in [0.2, 0.25) is 0 Å². The lowest BCUT2D eigenvalue weighted by molar-refractivity contribution is 0.243. The van der Waals surface area contributed by atoms with E-state index in [9.17, 15) is 0 Å². The van der Waals surface area contributed by atoms with Crippen molar-refractivity contribution in [3.8, 4) is 17.0 Å². The quantitative estimate of drug-likeness (QED) is 0.833. The highest BCUT2D eigenvalue weighted by Crippen LogP contribution is 2.28. The summed E-state index contributed by atoms with van der Waals surface area (Å²) < 4.78 is 5.73. The third-order valence-electron chi connectivity index (χ3n) is 2.16. The van der Waals surface area contributed by atoms with Crippen molar-refractivity contribution in [1.82, 2.24) is 10.2 Å². The molecular weight excluding hydrogens is 236 g/mol. The summed E-state index contributed by atoms with van der Waals surface area (Å²) in [6.07, 6.45) is 0.122. The Hall–Kier alpha value is -1.61. The topological polar surface area (TPSA) is 35.0 Å². The van der Waals surface area contributed by atoms with Crippen LogP contribution in [0.2, 0.25) is 5.15 Å². The van der Waals surface area contributed by atoms with Crippen LogP contribution in [0, 0.1) is 0 Å². The lowest BCUT2D eigenvalue weighted by Gasteiger charge is -2.13. The van der Waals surface area contributed by atoms with Crippen molar-refractivity contribution in [2.45, 2.75) is 20.0 Å². The third-order valence-corrected chi connectivity index (χ3v) is 2.36. The zero-order chi connectivity index (χ0) is 12.3. The van der Waals surface area contributed by atoms with Crippen molar-refractivity contribution < 1.29 is 4.74 Å². The number of para-hydroxylation sites is 1. The Labute approximate surface area is 105 Å². The smallest absolute Gasteiger partial charge is 0.151 e. The van der Waals surface area contributed by atoms with E-state index in [1.54, 1.807) is 6.07 Å². The van der Waals surface area contributed by atoms with E-state index in [4.69, 9.17) is 16.3 Å². The highest BCUT2D eigenvalue weighted by Gasteiger charge is 2.08. The molecular formula is C13H13ClN2O. The van der Waals surface area contributed by atoms with Crippen LogP contribution in [-0.2, 0) is 0 Å². The number of rotatable bonds is 3. The van der Waals surface area contributed by atoms with E-state index in [1.807, 2.05) is 44.2 Å². The maximum absolute atomic E-state index is 5.73. The van der Waals surface area contributed by atoms with Gasteiger partial charge in [0, 0.05) is 5.56 Å². The van der Waals surface area contributed by atoms with Crippen LogP contribution in [0.1, 0.15) is 13.8 Å². The number of hydrogen-bond acceptors (Lipinski definition) is 3. The van der Waals surface area contributed by atoms with Gasteiger partial charge >= 0.3 is 0 Å². The van der Waals surface area contributed by atoms with Crippen LogP contribution in [0.4, 0.5) is 0 Å². The molecule has 0 N–H and O–H groups in total. The van der Waals surface area contributed by atoms with Crippen molar-refractivity contribution in [2.75, 3.05) is 0 Å². The number of halogens is 1. The van der Waals surface area contributed by atoms with E-state index in [0.29, 0.717) is 5.15 Å². The highest BCUT2D eigenvalue weighted by molar-refractivity contribution is 6.29. The molecule has 1 aromatic carbocycles. The van der Waals surface area contributed by atoms with Crippen molar-refractivity contribution in [3.05, 3.63) is 41.6 Å². The molecule has 4 heteroatoms. The van der Waals surface area contributed by atoms with Crippen LogP contribution in [0.5, 0.6) is 5.75 Å². The van der Waals surface area contributed by atoms with Crippen molar-refractivity contribution in [2.24, 2.45) is 0 Å². The van der Waals surface area contributed by atoms with Gasteiger partial charge in [-0.25, -0.2) is 0 Å². The first-order valence-electron chi connectivity index (χ1n) is 5.42. The van der Waals surface area contributed by atoms with Gasteiger partial charge in [0.25, 0.3) is 0 Å². The fourth-order valence-electron chi connectivity index (χ4n) is 1.49. The summed E-state index contributed by atoms with van der Waals surface area (Å²) in [5.41, 5.74) is 1.68. The molecule has 0 bridgehead atoms. The molecule has 0 fully saturated rings. The second-order valence-corrected chi connectivity index (χ2v) is 4.29. The number of nitrogens with zero attached hydrogens (tertiary/aromatic N) is 2. The summed E-state index contributed by atoms with van der Waals surface area (Å²) in [6, 6.07) is 11.3. The maximum atomic E-state index is 5.73. The van der Waals surface area contributed by atoms with Gasteiger partial charge in [-0.3, -0.25) is 0 Å². The van der Waals surface area contributed by atoms with E-state index in [-0.39, 0.29) is 6.10 Å². The first kappa shape index (κ1) is 11.9. The minimum absolute atomic E-state index is 0.122. The summed E-state index contributed by atoms with van der Waals surface area (Å²) in [5, 5.41) is 8.28. The van der Waals surface area contributed by atoms with Gasteiger partial charge in [-0.2, -0.15) is 0 Å². The Kier molecular flexibility index (Phi) is 3.59. The van der Waals surface area contributed by atoms with Gasteiger partial charge in [-0.1, -0.05) is 23.7 Å². The average Bonchev–Trinajstić information content (AvgIpc) is 2.30. The van der Waals surface area contributed by atoms with E-state index >= 15 is 0 Å². The molecule has 0 aliphatic carbocycles. The van der Waals surface area contributed by atoms with Gasteiger partial charge < -0.3 is 4.74 Å². The van der Waals surface area contributed by atoms with E-state index in [1.165, 1.54) is 0 Å². The molecule has 0 amide bonds. The van der Waals surface area contributed by atoms with Gasteiger partial charge in [0.1, 0.15) is 5.75 Å². The van der Waals surface area contributed by atoms with Crippen LogP contribution in [-0.4, -0.2) is 16.3 Å². The van der Waals surface area contributed by atoms with Crippen molar-refractivity contribution in [1.29, 1.82) is 0 Å². The first-order chi connectivity index (χ1) is 8.16. The summed E-state index contributed by atoms with van der Waals surface area (Å²) in [6.45, 7) is 3.98. The lowest BCUT2D eigenvalue weighted by atomic mass is 10.1. The summed E-state index contributed by atoms with van der Waals surface area (Å²) in [5.74, 6) is 0.805. The van der Waals surface area contributed by atoms with Crippen LogP contribution >= 0.6 is 11.6 Å². The van der Waals surface area contributed by atoms with Crippen LogP contribution < -0.4 is 4.74 Å². The molecule has 88 valence electrons. The number of benzene rings is 1. The molecule has 0 atom stereocenters. The maximum Gasteiger partial charge on any atom is 0.151 e. The highest BCUT2D eigenvalue weighted by atomic mass is 35.5. The Balaban J connectivity index is 2.40. The Morgan fingerprint density at radius 2 is 1.82 bits per heavy atom. The minimum atomic E-state index is 0.122. The number of aromatic nitrogens is 2. The van der Waals surface area contributed by atoms with Gasteiger partial charge in [-0.15, -0.1) is 10.2 Å². The molecule has 3 nitrogen and oxygen atoms in total. The second-order valence-electron chi connectivity index (χ2n) is 3.90. The SMILES string of the molecule is CC(C)Oc1ccccc1-c1ccc(Cl)nn1. The monoisotopic (exact) mass is 248 g/mol. The standard InChI is InChI=1S/C13H13ClN2O/c1-9(2)17-12-6-4-3-5-10(12)11-7-8-13(14)16-15-11/h3-9H,1-2H3. The minimum Gasteiger partial charge on any atom is -0.490 e. The largest absolute Gasteiger partial charge is 0.490 e. The zero-order valence-corrected chi connectivity index (χ0v) is 10.5. The van der Waals surface area contributed by atoms with Crippen molar-refractivity contribution >= 4 is 11.6 Å². The third kappa shape index (κ3) is 2.94. The Morgan fingerprint density at radius 3 is 2.47 bits per heavy atom. The summed E-state index contributed by atoms with van der Waals surface area (Å²) in [4.78, 5) is 0. The van der Waals surface area contributed by atoms with Crippen LogP contribution in [0.3, 0.4) is 0 Å². The molecule has 0 spiro atoms. The summed E-state index contributed by atoms with van der Waals surface area (Å²) in [7, 11) is 0. The van der Waals surface area contributed by atoms with Crippen LogP contribution in [0.25, 0.3) is 11.3 Å². The molecule has 0 aliphatic rings. The molecule has 0 unspecified atom stereocenters. The van der Waals surface area contributed by atoms with Crippen LogP contribution in [0.15, 0.2) is 36.4 Å². The van der Waals surface area contributed by atoms with Gasteiger partial charge in [0.15, 0.2) is 5.15 Å². The molecule has 1 aromatic heterocycles. The molecule has 0 radical (unpaired) electrons. The molecule has 2 aromatic rings. The Bertz CT molecular complexity index is 497. The predicted octanol–water partition coefficient (Wildman–Crippen LogP) is 3.58. The van der Waals surface area contributed by atoms with Crippen molar-refractivity contribution in [3.63, 3.8) is 0 Å². The van der Waals surface area contributed by atoms with E-state index in [0.717, 1.165) is 17.0 Å². The Morgan fingerprint density at radius 1 is 1.06 bits per heavy atom. The molecule has 2 rings (SSSR count).